The summed E-state index contributed by atoms with van der Waals surface area (Å²) in [5, 5.41) is 18.2. The van der Waals surface area contributed by atoms with Gasteiger partial charge in [0.2, 0.25) is 15.8 Å². The summed E-state index contributed by atoms with van der Waals surface area (Å²) < 4.78 is 31.2. The molecule has 9 heteroatoms. The van der Waals surface area contributed by atoms with Crippen LogP contribution >= 0.6 is 15.9 Å². The summed E-state index contributed by atoms with van der Waals surface area (Å²) in [5.74, 6) is -1.70. The van der Waals surface area contributed by atoms with Gasteiger partial charge in [-0.1, -0.05) is 0 Å². The molecule has 2 atom stereocenters. The molecule has 20 heavy (non-hydrogen) atoms. The molecule has 1 aromatic heterocycles. The molecular weight excluding hydrogens is 354 g/mol. The molecule has 3 N–H and O–H groups in total. The van der Waals surface area contributed by atoms with Gasteiger partial charge in [0, 0.05) is 12.6 Å². The molecule has 112 valence electrons. The van der Waals surface area contributed by atoms with Crippen molar-refractivity contribution in [3.8, 4) is 0 Å². The average molecular weight is 368 g/mol. The molecule has 1 aliphatic rings. The number of hydrogen-bond acceptors (Lipinski definition) is 5. The van der Waals surface area contributed by atoms with E-state index in [-0.39, 0.29) is 28.1 Å². The fourth-order valence-electron chi connectivity index (χ4n) is 2.18. The number of aromatic carboxylic acids is 1. The van der Waals surface area contributed by atoms with Crippen LogP contribution in [0.3, 0.4) is 0 Å². The highest BCUT2D eigenvalue weighted by molar-refractivity contribution is 9.10. The van der Waals surface area contributed by atoms with Crippen LogP contribution in [-0.4, -0.2) is 37.2 Å². The minimum Gasteiger partial charge on any atom is -0.475 e. The Morgan fingerprint density at radius 3 is 2.70 bits per heavy atom. The Hall–Kier alpha value is -0.900. The van der Waals surface area contributed by atoms with Crippen molar-refractivity contribution in [1.82, 2.24) is 4.72 Å². The van der Waals surface area contributed by atoms with Crippen molar-refractivity contribution in [2.75, 3.05) is 6.54 Å². The van der Waals surface area contributed by atoms with E-state index in [1.807, 2.05) is 0 Å². The minimum atomic E-state index is -3.84. The smallest absolute Gasteiger partial charge is 0.371 e. The Labute approximate surface area is 124 Å². The first-order chi connectivity index (χ1) is 9.29. The van der Waals surface area contributed by atoms with E-state index >= 15 is 0 Å². The zero-order valence-electron chi connectivity index (χ0n) is 10.4. The first-order valence-corrected chi connectivity index (χ1v) is 8.27. The number of aliphatic hydroxyl groups excluding tert-OH is 1. The van der Waals surface area contributed by atoms with Crippen LogP contribution in [0.15, 0.2) is 20.0 Å². The molecule has 2 rings (SSSR count). The number of carbonyl (C=O) groups is 1. The molecule has 1 saturated carbocycles. The van der Waals surface area contributed by atoms with Crippen LogP contribution in [0.4, 0.5) is 0 Å². The number of halogens is 1. The van der Waals surface area contributed by atoms with Gasteiger partial charge in [-0.15, -0.1) is 0 Å². The predicted molar refractivity (Wildman–Crippen MR) is 71.9 cm³/mol. The third-order valence-electron chi connectivity index (χ3n) is 3.23. The highest BCUT2D eigenvalue weighted by atomic mass is 79.9. The van der Waals surface area contributed by atoms with Crippen molar-refractivity contribution in [3.05, 3.63) is 16.5 Å². The molecule has 7 nitrogen and oxygen atoms in total. The van der Waals surface area contributed by atoms with E-state index in [1.54, 1.807) is 0 Å². The van der Waals surface area contributed by atoms with Crippen molar-refractivity contribution in [2.45, 2.75) is 30.3 Å². The van der Waals surface area contributed by atoms with Gasteiger partial charge < -0.3 is 14.6 Å². The lowest BCUT2D eigenvalue weighted by Crippen LogP contribution is -2.28. The van der Waals surface area contributed by atoms with E-state index in [2.05, 4.69) is 20.7 Å². The molecule has 1 fully saturated rings. The lowest BCUT2D eigenvalue weighted by molar-refractivity contribution is 0.0661. The zero-order chi connectivity index (χ0) is 14.9. The van der Waals surface area contributed by atoms with Gasteiger partial charge in [0.25, 0.3) is 0 Å². The highest BCUT2D eigenvalue weighted by Crippen LogP contribution is 2.28. The van der Waals surface area contributed by atoms with Crippen molar-refractivity contribution in [3.63, 3.8) is 0 Å². The second-order valence-corrected chi connectivity index (χ2v) is 7.19. The number of furan rings is 1. The first kappa shape index (κ1) is 15.5. The van der Waals surface area contributed by atoms with Crippen LogP contribution in [0.2, 0.25) is 0 Å². The van der Waals surface area contributed by atoms with Gasteiger partial charge in [-0.25, -0.2) is 17.9 Å². The second kappa shape index (κ2) is 5.84. The van der Waals surface area contributed by atoms with Crippen LogP contribution in [0, 0.1) is 5.92 Å². The molecule has 0 bridgehead atoms. The Morgan fingerprint density at radius 1 is 1.50 bits per heavy atom. The van der Waals surface area contributed by atoms with E-state index in [9.17, 15) is 18.3 Å². The molecule has 2 unspecified atom stereocenters. The van der Waals surface area contributed by atoms with E-state index in [0.29, 0.717) is 12.8 Å². The van der Waals surface area contributed by atoms with E-state index in [0.717, 1.165) is 12.5 Å². The van der Waals surface area contributed by atoms with Gasteiger partial charge in [0.05, 0.1) is 6.10 Å². The summed E-state index contributed by atoms with van der Waals surface area (Å²) in [6, 6.07) is 0.957. The van der Waals surface area contributed by atoms with Crippen LogP contribution < -0.4 is 4.72 Å². The number of carboxylic acid groups (broad SMARTS) is 1. The van der Waals surface area contributed by atoms with E-state index in [1.165, 1.54) is 0 Å². The quantitative estimate of drug-likeness (QED) is 0.719. The fourth-order valence-corrected chi connectivity index (χ4v) is 4.23. The van der Waals surface area contributed by atoms with Crippen LogP contribution in [0.5, 0.6) is 0 Å². The Bertz CT molecular complexity index is 610. The Morgan fingerprint density at radius 2 is 2.20 bits per heavy atom. The highest BCUT2D eigenvalue weighted by Gasteiger charge is 2.28. The van der Waals surface area contributed by atoms with Crippen molar-refractivity contribution >= 4 is 31.9 Å². The van der Waals surface area contributed by atoms with Crippen molar-refractivity contribution < 1.29 is 27.8 Å². The third kappa shape index (κ3) is 3.40. The molecular formula is C11H14BrNO6S. The van der Waals surface area contributed by atoms with Crippen LogP contribution in [0.25, 0.3) is 0 Å². The van der Waals surface area contributed by atoms with Crippen LogP contribution in [0.1, 0.15) is 29.8 Å². The SMILES string of the molecule is O=C(O)c1cc(S(=O)(=O)NCC2CCC(O)C2)c(Br)o1. The molecule has 1 heterocycles. The number of sulfonamides is 1. The summed E-state index contributed by atoms with van der Waals surface area (Å²) in [5.41, 5.74) is 0. The lowest BCUT2D eigenvalue weighted by Gasteiger charge is -2.10. The largest absolute Gasteiger partial charge is 0.475 e. The maximum atomic E-state index is 12.1. The third-order valence-corrected chi connectivity index (χ3v) is 5.51. The van der Waals surface area contributed by atoms with Gasteiger partial charge in [0.15, 0.2) is 4.67 Å². The number of carboxylic acids is 1. The lowest BCUT2D eigenvalue weighted by atomic mass is 10.1. The monoisotopic (exact) mass is 367 g/mol. The molecule has 1 aromatic rings. The molecule has 0 aliphatic heterocycles. The molecule has 1 aliphatic carbocycles. The average Bonchev–Trinajstić information content (AvgIpc) is 2.93. The van der Waals surface area contributed by atoms with E-state index in [4.69, 9.17) is 9.52 Å². The van der Waals surface area contributed by atoms with Crippen LogP contribution in [-0.2, 0) is 10.0 Å². The second-order valence-electron chi connectivity index (χ2n) is 4.74. The van der Waals surface area contributed by atoms with Gasteiger partial charge in [0.1, 0.15) is 4.90 Å². The summed E-state index contributed by atoms with van der Waals surface area (Å²) in [6.45, 7) is 0.208. The molecule has 0 radical (unpaired) electrons. The fraction of sp³-hybridized carbons (Fsp3) is 0.545. The number of nitrogens with one attached hydrogen (secondary N) is 1. The van der Waals surface area contributed by atoms with Gasteiger partial charge >= 0.3 is 5.97 Å². The van der Waals surface area contributed by atoms with Crippen molar-refractivity contribution in [2.24, 2.45) is 5.92 Å². The van der Waals surface area contributed by atoms with E-state index < -0.39 is 21.8 Å². The zero-order valence-corrected chi connectivity index (χ0v) is 12.8. The Kier molecular flexibility index (Phi) is 4.52. The molecule has 0 amide bonds. The molecule has 0 spiro atoms. The topological polar surface area (TPSA) is 117 Å². The minimum absolute atomic E-state index is 0.0874. The standard InChI is InChI=1S/C11H14BrNO6S/c12-10-9(4-8(19-10)11(15)16)20(17,18)13-5-6-1-2-7(14)3-6/h4,6-7,13-14H,1-3,5H2,(H,15,16). The maximum absolute atomic E-state index is 12.1. The summed E-state index contributed by atoms with van der Waals surface area (Å²) in [4.78, 5) is 10.5. The number of aliphatic hydroxyl groups is 1. The summed E-state index contributed by atoms with van der Waals surface area (Å²) in [6.07, 6.45) is 1.63. The normalized spacial score (nSPS) is 23.1. The molecule has 0 aromatic carbocycles. The summed E-state index contributed by atoms with van der Waals surface area (Å²) in [7, 11) is -3.84. The maximum Gasteiger partial charge on any atom is 0.371 e. The Balaban J connectivity index is 2.08. The van der Waals surface area contributed by atoms with Crippen molar-refractivity contribution in [1.29, 1.82) is 0 Å². The first-order valence-electron chi connectivity index (χ1n) is 6.00. The van der Waals surface area contributed by atoms with Gasteiger partial charge in [-0.3, -0.25) is 0 Å². The van der Waals surface area contributed by atoms with Gasteiger partial charge in [-0.05, 0) is 41.1 Å². The molecule has 0 saturated heterocycles. The summed E-state index contributed by atoms with van der Waals surface area (Å²) >= 11 is 2.90. The number of hydrogen-bond donors (Lipinski definition) is 3. The number of rotatable bonds is 5. The van der Waals surface area contributed by atoms with Gasteiger partial charge in [-0.2, -0.15) is 0 Å². The predicted octanol–water partition coefficient (Wildman–Crippen LogP) is 1.18.